The van der Waals surface area contributed by atoms with Gasteiger partial charge in [0.2, 0.25) is 0 Å². The largest absolute Gasteiger partial charge is 0.380 e. The molecule has 1 fully saturated rings. The normalized spacial score (nSPS) is 29.6. The van der Waals surface area contributed by atoms with E-state index in [1.54, 1.807) is 0 Å². The molecule has 0 amide bonds. The van der Waals surface area contributed by atoms with E-state index in [0.717, 1.165) is 5.25 Å². The van der Waals surface area contributed by atoms with E-state index in [0.29, 0.717) is 6.04 Å². The highest BCUT2D eigenvalue weighted by Crippen LogP contribution is 2.42. The molecule has 2 heteroatoms. The fourth-order valence-corrected chi connectivity index (χ4v) is 4.02. The maximum Gasteiger partial charge on any atom is 0.0481 e. The molecule has 1 aliphatic carbocycles. The first-order valence-electron chi connectivity index (χ1n) is 5.96. The van der Waals surface area contributed by atoms with Crippen LogP contribution in [0.5, 0.6) is 0 Å². The Kier molecular flexibility index (Phi) is 2.61. The lowest BCUT2D eigenvalue weighted by Crippen LogP contribution is -2.33. The summed E-state index contributed by atoms with van der Waals surface area (Å²) in [6.45, 7) is 0. The van der Waals surface area contributed by atoms with E-state index >= 15 is 0 Å². The van der Waals surface area contributed by atoms with Crippen LogP contribution in [-0.4, -0.2) is 11.3 Å². The van der Waals surface area contributed by atoms with Crippen molar-refractivity contribution in [3.8, 4) is 0 Å². The van der Waals surface area contributed by atoms with Gasteiger partial charge in [-0.2, -0.15) is 0 Å². The van der Waals surface area contributed by atoms with Crippen molar-refractivity contribution < 1.29 is 0 Å². The molecule has 1 N–H and O–H groups in total. The van der Waals surface area contributed by atoms with Crippen LogP contribution in [0.15, 0.2) is 29.2 Å². The summed E-state index contributed by atoms with van der Waals surface area (Å²) in [6.07, 6.45) is 6.98. The topological polar surface area (TPSA) is 12.0 Å². The molecule has 0 saturated heterocycles. The molecule has 1 heterocycles. The maximum atomic E-state index is 3.72. The fraction of sp³-hybridized carbons (Fsp3) is 0.538. The van der Waals surface area contributed by atoms with Crippen molar-refractivity contribution in [2.75, 3.05) is 5.32 Å². The summed E-state index contributed by atoms with van der Waals surface area (Å²) in [4.78, 5) is 1.45. The number of fused-ring (bicyclic) bond motifs is 2. The zero-order valence-electron chi connectivity index (χ0n) is 8.91. The molecular formula is C13H17NS. The second-order valence-electron chi connectivity index (χ2n) is 4.54. The Bertz CT molecular complexity index is 317. The van der Waals surface area contributed by atoms with Gasteiger partial charge in [0.15, 0.2) is 0 Å². The lowest BCUT2D eigenvalue weighted by atomic mass is 10.1. The van der Waals surface area contributed by atoms with E-state index in [4.69, 9.17) is 0 Å². The minimum atomic E-state index is 0.715. The van der Waals surface area contributed by atoms with Gasteiger partial charge < -0.3 is 5.32 Å². The molecular weight excluding hydrogens is 202 g/mol. The maximum absolute atomic E-state index is 3.72. The lowest BCUT2D eigenvalue weighted by molar-refractivity contribution is 0.626. The van der Waals surface area contributed by atoms with Crippen molar-refractivity contribution >= 4 is 17.4 Å². The van der Waals surface area contributed by atoms with Crippen LogP contribution in [0.4, 0.5) is 5.69 Å². The van der Waals surface area contributed by atoms with E-state index in [-0.39, 0.29) is 0 Å². The summed E-state index contributed by atoms with van der Waals surface area (Å²) in [5.74, 6) is 0. The lowest BCUT2D eigenvalue weighted by Gasteiger charge is -2.32. The van der Waals surface area contributed by atoms with E-state index in [2.05, 4.69) is 41.3 Å². The average Bonchev–Trinajstić information content (AvgIpc) is 2.50. The highest BCUT2D eigenvalue weighted by molar-refractivity contribution is 8.00. The molecule has 1 aromatic carbocycles. The van der Waals surface area contributed by atoms with Gasteiger partial charge in [-0.15, -0.1) is 11.8 Å². The third-order valence-electron chi connectivity index (χ3n) is 3.46. The van der Waals surface area contributed by atoms with Crippen molar-refractivity contribution in [1.29, 1.82) is 0 Å². The van der Waals surface area contributed by atoms with Crippen molar-refractivity contribution in [2.45, 2.75) is 48.3 Å². The molecule has 0 spiro atoms. The van der Waals surface area contributed by atoms with E-state index in [1.165, 1.54) is 42.7 Å². The van der Waals surface area contributed by atoms with Crippen LogP contribution in [-0.2, 0) is 0 Å². The number of hydrogen-bond donors (Lipinski definition) is 1. The number of benzene rings is 1. The molecule has 0 unspecified atom stereocenters. The van der Waals surface area contributed by atoms with Crippen LogP contribution < -0.4 is 5.32 Å². The molecule has 2 aliphatic rings. The summed E-state index contributed by atoms with van der Waals surface area (Å²) in [5.41, 5.74) is 1.35. The molecule has 1 aliphatic heterocycles. The van der Waals surface area contributed by atoms with Crippen molar-refractivity contribution in [1.82, 2.24) is 0 Å². The number of nitrogens with one attached hydrogen (secondary N) is 1. The van der Waals surface area contributed by atoms with Gasteiger partial charge in [0, 0.05) is 21.9 Å². The van der Waals surface area contributed by atoms with Crippen LogP contribution in [0.1, 0.15) is 32.1 Å². The molecule has 1 saturated carbocycles. The molecule has 3 rings (SSSR count). The standard InChI is InChI=1S/C13H17NS/c1-2-6-10-12(8-3-1)15-13-9-5-4-7-11(13)14-10/h4-5,7,9-10,12,14H,1-3,6,8H2/t10-,12-/m1/s1. The minimum Gasteiger partial charge on any atom is -0.380 e. The summed E-state index contributed by atoms with van der Waals surface area (Å²) in [6, 6.07) is 9.44. The first kappa shape index (κ1) is 9.59. The molecule has 2 atom stereocenters. The summed E-state index contributed by atoms with van der Waals surface area (Å²) < 4.78 is 0. The van der Waals surface area contributed by atoms with Gasteiger partial charge in [-0.1, -0.05) is 31.4 Å². The van der Waals surface area contributed by atoms with Crippen molar-refractivity contribution in [2.24, 2.45) is 0 Å². The Morgan fingerprint density at radius 1 is 1.07 bits per heavy atom. The zero-order chi connectivity index (χ0) is 10.1. The van der Waals surface area contributed by atoms with Gasteiger partial charge in [0.25, 0.3) is 0 Å². The molecule has 0 radical (unpaired) electrons. The Hall–Kier alpha value is -0.630. The minimum absolute atomic E-state index is 0.715. The van der Waals surface area contributed by atoms with Gasteiger partial charge in [-0.25, -0.2) is 0 Å². The highest BCUT2D eigenvalue weighted by atomic mass is 32.2. The Morgan fingerprint density at radius 2 is 1.93 bits per heavy atom. The second-order valence-corrected chi connectivity index (χ2v) is 5.82. The van der Waals surface area contributed by atoms with E-state index in [1.807, 2.05) is 0 Å². The van der Waals surface area contributed by atoms with Crippen LogP contribution in [0, 0.1) is 0 Å². The first-order chi connectivity index (χ1) is 7.43. The van der Waals surface area contributed by atoms with Gasteiger partial charge in [-0.05, 0) is 25.0 Å². The molecule has 1 nitrogen and oxygen atoms in total. The van der Waals surface area contributed by atoms with Crippen molar-refractivity contribution in [3.63, 3.8) is 0 Å². The number of anilines is 1. The van der Waals surface area contributed by atoms with E-state index < -0.39 is 0 Å². The Morgan fingerprint density at radius 3 is 2.93 bits per heavy atom. The van der Waals surface area contributed by atoms with E-state index in [9.17, 15) is 0 Å². The summed E-state index contributed by atoms with van der Waals surface area (Å²) >= 11 is 2.09. The summed E-state index contributed by atoms with van der Waals surface area (Å²) in [7, 11) is 0. The zero-order valence-corrected chi connectivity index (χ0v) is 9.72. The highest BCUT2D eigenvalue weighted by Gasteiger charge is 2.29. The molecule has 0 bridgehead atoms. The number of rotatable bonds is 0. The van der Waals surface area contributed by atoms with Crippen LogP contribution in [0.25, 0.3) is 0 Å². The second kappa shape index (κ2) is 4.09. The SMILES string of the molecule is c1ccc2c(c1)N[C@@H]1CCCCC[C@H]1S2. The molecule has 80 valence electrons. The first-order valence-corrected chi connectivity index (χ1v) is 6.84. The quantitative estimate of drug-likeness (QED) is 0.710. The number of hydrogen-bond acceptors (Lipinski definition) is 2. The predicted molar refractivity (Wildman–Crippen MR) is 66.6 cm³/mol. The third-order valence-corrected chi connectivity index (χ3v) is 4.94. The number of thioether (sulfide) groups is 1. The average molecular weight is 219 g/mol. The Labute approximate surface area is 95.6 Å². The molecule has 15 heavy (non-hydrogen) atoms. The monoisotopic (exact) mass is 219 g/mol. The predicted octanol–water partition coefficient (Wildman–Crippen LogP) is 3.91. The molecule has 1 aromatic rings. The van der Waals surface area contributed by atoms with Crippen molar-refractivity contribution in [3.05, 3.63) is 24.3 Å². The van der Waals surface area contributed by atoms with Crippen LogP contribution in [0.2, 0.25) is 0 Å². The van der Waals surface area contributed by atoms with Crippen LogP contribution >= 0.6 is 11.8 Å². The third kappa shape index (κ3) is 1.87. The Balaban J connectivity index is 1.87. The number of para-hydroxylation sites is 1. The molecule has 0 aromatic heterocycles. The van der Waals surface area contributed by atoms with Crippen LogP contribution in [0.3, 0.4) is 0 Å². The summed E-state index contributed by atoms with van der Waals surface area (Å²) in [5, 5.41) is 4.53. The van der Waals surface area contributed by atoms with Gasteiger partial charge in [0.05, 0.1) is 0 Å². The van der Waals surface area contributed by atoms with Gasteiger partial charge >= 0.3 is 0 Å². The van der Waals surface area contributed by atoms with Gasteiger partial charge in [0.1, 0.15) is 0 Å². The van der Waals surface area contributed by atoms with Gasteiger partial charge in [-0.3, -0.25) is 0 Å². The fourth-order valence-electron chi connectivity index (χ4n) is 2.63. The smallest absolute Gasteiger partial charge is 0.0481 e.